The summed E-state index contributed by atoms with van der Waals surface area (Å²) in [5.41, 5.74) is 0.625. The molecule has 0 spiro atoms. The molecule has 5 heteroatoms. The van der Waals surface area contributed by atoms with E-state index in [1.807, 2.05) is 18.2 Å². The molecule has 0 saturated heterocycles. The third kappa shape index (κ3) is 3.37. The topological polar surface area (TPSA) is 55.0 Å². The van der Waals surface area contributed by atoms with Gasteiger partial charge in [0.1, 0.15) is 5.75 Å². The fourth-order valence-electron chi connectivity index (χ4n) is 1.50. The van der Waals surface area contributed by atoms with Crippen LogP contribution >= 0.6 is 11.8 Å². The molecule has 18 heavy (non-hydrogen) atoms. The molecule has 0 saturated carbocycles. The van der Waals surface area contributed by atoms with Gasteiger partial charge in [0.2, 0.25) is 0 Å². The van der Waals surface area contributed by atoms with Gasteiger partial charge in [-0.25, -0.2) is 4.98 Å². The predicted octanol–water partition coefficient (Wildman–Crippen LogP) is 2.78. The SMILES string of the molecule is CC(=O)c1ccccc1OCCSc1ncc[nH]1. The number of hydrogen-bond donors (Lipinski definition) is 1. The third-order valence-electron chi connectivity index (χ3n) is 2.32. The van der Waals surface area contributed by atoms with Gasteiger partial charge in [-0.2, -0.15) is 0 Å². The minimum absolute atomic E-state index is 0.0179. The number of ketones is 1. The Morgan fingerprint density at radius 2 is 2.28 bits per heavy atom. The molecular weight excluding hydrogens is 248 g/mol. The van der Waals surface area contributed by atoms with E-state index in [-0.39, 0.29) is 5.78 Å². The number of benzene rings is 1. The van der Waals surface area contributed by atoms with E-state index in [1.165, 1.54) is 0 Å². The van der Waals surface area contributed by atoms with Crippen molar-refractivity contribution in [3.8, 4) is 5.75 Å². The van der Waals surface area contributed by atoms with Crippen molar-refractivity contribution in [2.75, 3.05) is 12.4 Å². The normalized spacial score (nSPS) is 10.3. The van der Waals surface area contributed by atoms with Crippen molar-refractivity contribution in [2.45, 2.75) is 12.1 Å². The first-order valence-corrected chi connectivity index (χ1v) is 6.61. The smallest absolute Gasteiger partial charge is 0.165 e. The number of H-pyrrole nitrogens is 1. The molecule has 0 atom stereocenters. The maximum absolute atomic E-state index is 11.4. The van der Waals surface area contributed by atoms with E-state index in [0.717, 1.165) is 10.9 Å². The molecule has 0 aliphatic heterocycles. The third-order valence-corrected chi connectivity index (χ3v) is 3.19. The minimum atomic E-state index is 0.0179. The number of ether oxygens (including phenoxy) is 1. The minimum Gasteiger partial charge on any atom is -0.492 e. The Kier molecular flexibility index (Phi) is 4.41. The van der Waals surface area contributed by atoms with Crippen LogP contribution in [0.4, 0.5) is 0 Å². The number of Topliss-reactive ketones (excluding diaryl/α,β-unsaturated/α-hetero) is 1. The number of para-hydroxylation sites is 1. The Bertz CT molecular complexity index is 511. The lowest BCUT2D eigenvalue weighted by Gasteiger charge is -2.08. The van der Waals surface area contributed by atoms with Crippen LogP contribution in [-0.4, -0.2) is 28.1 Å². The molecule has 2 aromatic rings. The van der Waals surface area contributed by atoms with Gasteiger partial charge in [-0.05, 0) is 19.1 Å². The number of thioether (sulfide) groups is 1. The lowest BCUT2D eigenvalue weighted by molar-refractivity contribution is 0.101. The average Bonchev–Trinajstić information content (AvgIpc) is 2.88. The second-order valence-electron chi connectivity index (χ2n) is 3.64. The van der Waals surface area contributed by atoms with Crippen LogP contribution in [0.2, 0.25) is 0 Å². The van der Waals surface area contributed by atoms with Gasteiger partial charge < -0.3 is 9.72 Å². The summed E-state index contributed by atoms with van der Waals surface area (Å²) in [7, 11) is 0. The van der Waals surface area contributed by atoms with E-state index < -0.39 is 0 Å². The Balaban J connectivity index is 1.85. The lowest BCUT2D eigenvalue weighted by atomic mass is 10.1. The highest BCUT2D eigenvalue weighted by Gasteiger charge is 2.07. The number of hydrogen-bond acceptors (Lipinski definition) is 4. The molecule has 0 aliphatic rings. The highest BCUT2D eigenvalue weighted by atomic mass is 32.2. The van der Waals surface area contributed by atoms with Gasteiger partial charge in [-0.15, -0.1) is 0 Å². The quantitative estimate of drug-likeness (QED) is 0.494. The van der Waals surface area contributed by atoms with Crippen LogP contribution in [0.1, 0.15) is 17.3 Å². The van der Waals surface area contributed by atoms with Crippen molar-refractivity contribution < 1.29 is 9.53 Å². The number of carbonyl (C=O) groups excluding carboxylic acids is 1. The molecule has 0 bridgehead atoms. The molecule has 94 valence electrons. The monoisotopic (exact) mass is 262 g/mol. The van der Waals surface area contributed by atoms with Gasteiger partial charge >= 0.3 is 0 Å². The Labute approximate surface area is 110 Å². The standard InChI is InChI=1S/C13H14N2O2S/c1-10(16)11-4-2-3-5-12(11)17-8-9-18-13-14-6-7-15-13/h2-7H,8-9H2,1H3,(H,14,15). The largest absolute Gasteiger partial charge is 0.492 e. The highest BCUT2D eigenvalue weighted by molar-refractivity contribution is 7.99. The summed E-state index contributed by atoms with van der Waals surface area (Å²) in [5.74, 6) is 1.44. The Hall–Kier alpha value is -1.75. The van der Waals surface area contributed by atoms with Gasteiger partial charge in [0.15, 0.2) is 10.9 Å². The Morgan fingerprint density at radius 1 is 1.44 bits per heavy atom. The van der Waals surface area contributed by atoms with Gasteiger partial charge in [0.05, 0.1) is 12.2 Å². The zero-order valence-corrected chi connectivity index (χ0v) is 10.9. The van der Waals surface area contributed by atoms with Crippen LogP contribution in [0.3, 0.4) is 0 Å². The molecule has 1 N–H and O–H groups in total. The van der Waals surface area contributed by atoms with Crippen LogP contribution in [-0.2, 0) is 0 Å². The van der Waals surface area contributed by atoms with E-state index in [2.05, 4.69) is 9.97 Å². The van der Waals surface area contributed by atoms with Crippen molar-refractivity contribution in [3.63, 3.8) is 0 Å². The second-order valence-corrected chi connectivity index (χ2v) is 4.73. The molecular formula is C13H14N2O2S. The predicted molar refractivity (Wildman–Crippen MR) is 71.3 cm³/mol. The molecule has 1 aromatic heterocycles. The molecule has 2 rings (SSSR count). The van der Waals surface area contributed by atoms with Gasteiger partial charge in [0.25, 0.3) is 0 Å². The summed E-state index contributed by atoms with van der Waals surface area (Å²) < 4.78 is 5.61. The van der Waals surface area contributed by atoms with Crippen LogP contribution in [0, 0.1) is 0 Å². The van der Waals surface area contributed by atoms with Crippen molar-refractivity contribution >= 4 is 17.5 Å². The molecule has 0 radical (unpaired) electrons. The van der Waals surface area contributed by atoms with Gasteiger partial charge in [0, 0.05) is 18.1 Å². The first-order chi connectivity index (χ1) is 8.77. The zero-order valence-electron chi connectivity index (χ0n) is 10.1. The summed E-state index contributed by atoms with van der Waals surface area (Å²) in [5, 5.41) is 0.874. The van der Waals surface area contributed by atoms with Crippen molar-refractivity contribution in [3.05, 3.63) is 42.2 Å². The number of nitrogens with zero attached hydrogens (tertiary/aromatic N) is 1. The number of imidazole rings is 1. The van der Waals surface area contributed by atoms with Crippen molar-refractivity contribution in [2.24, 2.45) is 0 Å². The Morgan fingerprint density at radius 3 is 3.00 bits per heavy atom. The number of rotatable bonds is 6. The fraction of sp³-hybridized carbons (Fsp3) is 0.231. The summed E-state index contributed by atoms with van der Waals surface area (Å²) in [6.45, 7) is 2.08. The molecule has 4 nitrogen and oxygen atoms in total. The number of carbonyl (C=O) groups is 1. The van der Waals surface area contributed by atoms with Gasteiger partial charge in [-0.1, -0.05) is 23.9 Å². The van der Waals surface area contributed by atoms with Crippen LogP contribution < -0.4 is 4.74 Å². The lowest BCUT2D eigenvalue weighted by Crippen LogP contribution is -2.04. The van der Waals surface area contributed by atoms with Crippen LogP contribution in [0.15, 0.2) is 41.8 Å². The number of aromatic nitrogens is 2. The summed E-state index contributed by atoms with van der Waals surface area (Å²) in [6.07, 6.45) is 3.50. The van der Waals surface area contributed by atoms with E-state index in [1.54, 1.807) is 37.1 Å². The fourth-order valence-corrected chi connectivity index (χ4v) is 2.15. The van der Waals surface area contributed by atoms with E-state index in [9.17, 15) is 4.79 Å². The highest BCUT2D eigenvalue weighted by Crippen LogP contribution is 2.19. The zero-order chi connectivity index (χ0) is 12.8. The molecule has 0 unspecified atom stereocenters. The maximum Gasteiger partial charge on any atom is 0.165 e. The maximum atomic E-state index is 11.4. The average molecular weight is 262 g/mol. The molecule has 1 heterocycles. The van der Waals surface area contributed by atoms with Crippen molar-refractivity contribution in [1.82, 2.24) is 9.97 Å². The second kappa shape index (κ2) is 6.26. The molecule has 0 aliphatic carbocycles. The number of aromatic amines is 1. The first kappa shape index (κ1) is 12.7. The summed E-state index contributed by atoms with van der Waals surface area (Å²) >= 11 is 1.58. The molecule has 1 aromatic carbocycles. The van der Waals surface area contributed by atoms with Gasteiger partial charge in [-0.3, -0.25) is 4.79 Å². The van der Waals surface area contributed by atoms with Crippen molar-refractivity contribution in [1.29, 1.82) is 0 Å². The van der Waals surface area contributed by atoms with Crippen LogP contribution in [0.5, 0.6) is 5.75 Å². The molecule has 0 fully saturated rings. The summed E-state index contributed by atoms with van der Waals surface area (Å²) in [4.78, 5) is 18.5. The van der Waals surface area contributed by atoms with E-state index >= 15 is 0 Å². The van der Waals surface area contributed by atoms with E-state index in [4.69, 9.17) is 4.74 Å². The van der Waals surface area contributed by atoms with E-state index in [0.29, 0.717) is 17.9 Å². The molecule has 0 amide bonds. The number of nitrogens with one attached hydrogen (secondary N) is 1. The summed E-state index contributed by atoms with van der Waals surface area (Å²) in [6, 6.07) is 7.29. The van der Waals surface area contributed by atoms with Crippen LogP contribution in [0.25, 0.3) is 0 Å². The first-order valence-electron chi connectivity index (χ1n) is 5.62.